The highest BCUT2D eigenvalue weighted by molar-refractivity contribution is 14.1. The van der Waals surface area contributed by atoms with Crippen molar-refractivity contribution in [1.29, 1.82) is 0 Å². The van der Waals surface area contributed by atoms with Gasteiger partial charge in [-0.15, -0.1) is 0 Å². The molecule has 156 valence electrons. The van der Waals surface area contributed by atoms with Crippen LogP contribution in [-0.2, 0) is 4.79 Å². The van der Waals surface area contributed by atoms with Gasteiger partial charge in [0, 0.05) is 18.4 Å². The lowest BCUT2D eigenvalue weighted by molar-refractivity contribution is -0.127. The molecule has 29 heavy (non-hydrogen) atoms. The van der Waals surface area contributed by atoms with Crippen LogP contribution in [0.1, 0.15) is 43.1 Å². The van der Waals surface area contributed by atoms with Gasteiger partial charge < -0.3 is 10.6 Å². The standard InChI is InChI=1S/C19H25IN6O3/c1-5-7-21-18(27)13-9-26-16(12(13)4)17(22-10-23-26)24-15(11(3)6-2)8-14(20)19(28)25-29/h6,8-10,14,29H,5,7H2,1-4H3,(H,21,27)(H,25,28)(H,22,23,24)/b11-6-,15-8+. The fraction of sp³-hybridized carbons (Fsp3) is 0.368. The van der Waals surface area contributed by atoms with Gasteiger partial charge in [-0.2, -0.15) is 5.10 Å². The molecule has 0 saturated heterocycles. The van der Waals surface area contributed by atoms with Crippen molar-refractivity contribution < 1.29 is 14.8 Å². The second kappa shape index (κ2) is 10.3. The number of carbonyl (C=O) groups is 2. The first-order chi connectivity index (χ1) is 13.8. The monoisotopic (exact) mass is 512 g/mol. The number of amides is 2. The minimum atomic E-state index is -0.601. The van der Waals surface area contributed by atoms with Gasteiger partial charge in [0.15, 0.2) is 5.82 Å². The number of hydrogen-bond acceptors (Lipinski definition) is 6. The number of hydroxylamine groups is 1. The zero-order valence-corrected chi connectivity index (χ0v) is 18.9. The number of aromatic nitrogens is 3. The minimum absolute atomic E-state index is 0.159. The summed E-state index contributed by atoms with van der Waals surface area (Å²) in [6.07, 6.45) is 7.50. The van der Waals surface area contributed by atoms with E-state index in [1.54, 1.807) is 22.3 Å². The van der Waals surface area contributed by atoms with E-state index in [0.717, 1.165) is 17.6 Å². The second-order valence-electron chi connectivity index (χ2n) is 6.38. The molecule has 0 aromatic carbocycles. The molecule has 2 amide bonds. The molecule has 2 aromatic rings. The zero-order chi connectivity index (χ0) is 21.6. The maximum atomic E-state index is 12.5. The quantitative estimate of drug-likeness (QED) is 0.142. The fourth-order valence-corrected chi connectivity index (χ4v) is 3.15. The highest BCUT2D eigenvalue weighted by Crippen LogP contribution is 2.25. The summed E-state index contributed by atoms with van der Waals surface area (Å²) in [5.74, 6) is -0.184. The highest BCUT2D eigenvalue weighted by atomic mass is 127. The van der Waals surface area contributed by atoms with Gasteiger partial charge in [0.25, 0.3) is 11.8 Å². The number of hydrogen-bond donors (Lipinski definition) is 4. The Balaban J connectivity index is 2.48. The van der Waals surface area contributed by atoms with E-state index in [1.807, 2.05) is 56.4 Å². The second-order valence-corrected chi connectivity index (χ2v) is 7.72. The number of allylic oxidation sites excluding steroid dienone is 2. The number of fused-ring (bicyclic) bond motifs is 1. The van der Waals surface area contributed by atoms with Crippen LogP contribution in [0.25, 0.3) is 5.52 Å². The molecule has 1 unspecified atom stereocenters. The van der Waals surface area contributed by atoms with Crippen molar-refractivity contribution in [3.8, 4) is 0 Å². The smallest absolute Gasteiger partial charge is 0.260 e. The Labute approximate surface area is 182 Å². The number of anilines is 1. The molecular weight excluding hydrogens is 487 g/mol. The van der Waals surface area contributed by atoms with E-state index >= 15 is 0 Å². The Bertz CT molecular complexity index is 966. The van der Waals surface area contributed by atoms with Crippen molar-refractivity contribution in [3.63, 3.8) is 0 Å². The predicted octanol–water partition coefficient (Wildman–Crippen LogP) is 2.75. The minimum Gasteiger partial charge on any atom is -0.352 e. The van der Waals surface area contributed by atoms with E-state index in [0.29, 0.717) is 29.1 Å². The molecule has 0 saturated carbocycles. The van der Waals surface area contributed by atoms with Crippen molar-refractivity contribution in [1.82, 2.24) is 25.4 Å². The van der Waals surface area contributed by atoms with Gasteiger partial charge in [-0.1, -0.05) is 35.6 Å². The summed E-state index contributed by atoms with van der Waals surface area (Å²) >= 11 is 1.92. The largest absolute Gasteiger partial charge is 0.352 e. The van der Waals surface area contributed by atoms with Crippen LogP contribution in [0.4, 0.5) is 5.82 Å². The Kier molecular flexibility index (Phi) is 8.14. The van der Waals surface area contributed by atoms with E-state index in [9.17, 15) is 9.59 Å². The first-order valence-corrected chi connectivity index (χ1v) is 10.4. The molecule has 10 heteroatoms. The van der Waals surface area contributed by atoms with Gasteiger partial charge in [0.05, 0.1) is 5.56 Å². The lowest BCUT2D eigenvalue weighted by atomic mass is 10.1. The maximum Gasteiger partial charge on any atom is 0.260 e. The third kappa shape index (κ3) is 5.32. The molecule has 1 atom stereocenters. The van der Waals surface area contributed by atoms with Crippen LogP contribution < -0.4 is 16.1 Å². The first-order valence-electron chi connectivity index (χ1n) is 9.15. The molecule has 0 aliphatic heterocycles. The van der Waals surface area contributed by atoms with Crippen LogP contribution in [0.2, 0.25) is 0 Å². The Morgan fingerprint density at radius 2 is 2.14 bits per heavy atom. The van der Waals surface area contributed by atoms with E-state index in [1.165, 1.54) is 6.33 Å². The van der Waals surface area contributed by atoms with E-state index in [4.69, 9.17) is 5.21 Å². The number of halogens is 1. The highest BCUT2D eigenvalue weighted by Gasteiger charge is 2.19. The zero-order valence-electron chi connectivity index (χ0n) is 16.8. The molecule has 0 aliphatic rings. The van der Waals surface area contributed by atoms with Gasteiger partial charge >= 0.3 is 0 Å². The van der Waals surface area contributed by atoms with Crippen molar-refractivity contribution in [3.05, 3.63) is 47.1 Å². The number of nitrogens with one attached hydrogen (secondary N) is 3. The summed E-state index contributed by atoms with van der Waals surface area (Å²) in [6.45, 7) is 8.21. The van der Waals surface area contributed by atoms with Gasteiger partial charge in [0.2, 0.25) is 0 Å². The number of rotatable bonds is 8. The van der Waals surface area contributed by atoms with Crippen LogP contribution >= 0.6 is 22.6 Å². The maximum absolute atomic E-state index is 12.5. The van der Waals surface area contributed by atoms with Crippen LogP contribution in [-0.4, -0.2) is 42.1 Å². The average Bonchev–Trinajstić information content (AvgIpc) is 3.07. The summed E-state index contributed by atoms with van der Waals surface area (Å²) in [6, 6.07) is 0. The molecule has 2 rings (SSSR count). The summed E-state index contributed by atoms with van der Waals surface area (Å²) in [7, 11) is 0. The van der Waals surface area contributed by atoms with Crippen LogP contribution in [0.5, 0.6) is 0 Å². The molecule has 0 fully saturated rings. The van der Waals surface area contributed by atoms with Crippen LogP contribution in [0.3, 0.4) is 0 Å². The van der Waals surface area contributed by atoms with Crippen molar-refractivity contribution >= 4 is 45.7 Å². The normalized spacial score (nSPS) is 13.3. The number of alkyl halides is 1. The molecule has 0 radical (unpaired) electrons. The molecule has 9 nitrogen and oxygen atoms in total. The summed E-state index contributed by atoms with van der Waals surface area (Å²) < 4.78 is 1.01. The van der Waals surface area contributed by atoms with E-state index in [2.05, 4.69) is 20.7 Å². The fourth-order valence-electron chi connectivity index (χ4n) is 2.65. The molecule has 2 heterocycles. The van der Waals surface area contributed by atoms with Crippen molar-refractivity contribution in [2.45, 2.75) is 38.0 Å². The molecule has 4 N–H and O–H groups in total. The molecule has 0 aliphatic carbocycles. The summed E-state index contributed by atoms with van der Waals surface area (Å²) in [5, 5.41) is 19.2. The average molecular weight is 512 g/mol. The number of aryl methyl sites for hydroxylation is 1. The first kappa shape index (κ1) is 22.8. The third-order valence-corrected chi connectivity index (χ3v) is 5.32. The Morgan fingerprint density at radius 3 is 2.76 bits per heavy atom. The van der Waals surface area contributed by atoms with E-state index in [-0.39, 0.29) is 5.91 Å². The van der Waals surface area contributed by atoms with Crippen LogP contribution in [0.15, 0.2) is 35.9 Å². The van der Waals surface area contributed by atoms with Crippen molar-refractivity contribution in [2.24, 2.45) is 0 Å². The number of nitrogens with zero attached hydrogens (tertiary/aromatic N) is 3. The third-order valence-electron chi connectivity index (χ3n) is 4.39. The Morgan fingerprint density at radius 1 is 1.41 bits per heavy atom. The SMILES string of the molecule is C/C=C(C)\C(=C/C(I)C(=O)NO)Nc1ncnn2cc(C(=O)NCCC)c(C)c12. The molecule has 2 aromatic heterocycles. The number of carbonyl (C=O) groups excluding carboxylic acids is 2. The molecule has 0 bridgehead atoms. The molecule has 0 spiro atoms. The van der Waals surface area contributed by atoms with Crippen molar-refractivity contribution in [2.75, 3.05) is 11.9 Å². The predicted molar refractivity (Wildman–Crippen MR) is 119 cm³/mol. The van der Waals surface area contributed by atoms with E-state index < -0.39 is 9.83 Å². The topological polar surface area (TPSA) is 121 Å². The summed E-state index contributed by atoms with van der Waals surface area (Å²) in [5.41, 5.74) is 5.14. The lowest BCUT2D eigenvalue weighted by Crippen LogP contribution is -2.27. The lowest BCUT2D eigenvalue weighted by Gasteiger charge is -2.14. The van der Waals surface area contributed by atoms with Crippen LogP contribution in [0, 0.1) is 6.92 Å². The molecular formula is C19H25IN6O3. The van der Waals surface area contributed by atoms with Gasteiger partial charge in [-0.3, -0.25) is 14.8 Å². The van der Waals surface area contributed by atoms with Gasteiger partial charge in [0.1, 0.15) is 15.8 Å². The van der Waals surface area contributed by atoms with Gasteiger partial charge in [-0.05, 0) is 44.4 Å². The summed E-state index contributed by atoms with van der Waals surface area (Å²) in [4.78, 5) is 28.5. The Hall–Kier alpha value is -2.47. The van der Waals surface area contributed by atoms with Gasteiger partial charge in [-0.25, -0.2) is 15.0 Å².